The number of hydrogen-bond donors (Lipinski definition) is 2. The average molecular weight is 375 g/mol. The van der Waals surface area contributed by atoms with E-state index in [4.69, 9.17) is 0 Å². The van der Waals surface area contributed by atoms with Gasteiger partial charge < -0.3 is 4.98 Å². The van der Waals surface area contributed by atoms with Crippen molar-refractivity contribution in [3.05, 3.63) is 95.7 Å². The predicted molar refractivity (Wildman–Crippen MR) is 105 cm³/mol. The van der Waals surface area contributed by atoms with Crippen LogP contribution in [-0.2, 0) is 0 Å². The van der Waals surface area contributed by atoms with E-state index in [0.717, 1.165) is 5.56 Å². The summed E-state index contributed by atoms with van der Waals surface area (Å²) in [6, 6.07) is 19.3. The van der Waals surface area contributed by atoms with Gasteiger partial charge >= 0.3 is 0 Å². The van der Waals surface area contributed by atoms with E-state index in [1.807, 2.05) is 30.3 Å². The molecule has 0 radical (unpaired) electrons. The Kier molecular flexibility index (Phi) is 4.68. The first-order valence-corrected chi connectivity index (χ1v) is 8.57. The number of hydrogen-bond acceptors (Lipinski definition) is 2. The number of aromatic amines is 1. The number of carbonyl (C=O) groups excluding carboxylic acids is 1. The van der Waals surface area contributed by atoms with Gasteiger partial charge in [0.2, 0.25) is 0 Å². The third-order valence-electron chi connectivity index (χ3n) is 4.30. The minimum absolute atomic E-state index is 0.281. The molecule has 1 aromatic heterocycles. The lowest BCUT2D eigenvalue weighted by Gasteiger charge is -2.04. The second kappa shape index (κ2) is 7.44. The molecule has 1 amide bonds. The van der Waals surface area contributed by atoms with Crippen LogP contribution in [0.3, 0.4) is 0 Å². The second-order valence-corrected chi connectivity index (χ2v) is 6.18. The van der Waals surface area contributed by atoms with Gasteiger partial charge in [0.1, 0.15) is 17.3 Å². The van der Waals surface area contributed by atoms with Crippen molar-refractivity contribution in [2.75, 3.05) is 0 Å². The Morgan fingerprint density at radius 1 is 0.929 bits per heavy atom. The molecule has 0 aliphatic rings. The number of aromatic nitrogens is 1. The number of nitrogens with one attached hydrogen (secondary N) is 2. The molecular weight excluding hydrogens is 360 g/mol. The highest BCUT2D eigenvalue weighted by Crippen LogP contribution is 2.32. The molecule has 0 bridgehead atoms. The van der Waals surface area contributed by atoms with Crippen molar-refractivity contribution in [2.24, 2.45) is 5.10 Å². The molecule has 0 spiro atoms. The summed E-state index contributed by atoms with van der Waals surface area (Å²) in [6.45, 7) is 0. The van der Waals surface area contributed by atoms with Crippen LogP contribution in [0.15, 0.2) is 77.9 Å². The van der Waals surface area contributed by atoms with E-state index in [2.05, 4.69) is 15.5 Å². The lowest BCUT2D eigenvalue weighted by Crippen LogP contribution is -2.18. The first kappa shape index (κ1) is 17.6. The highest BCUT2D eigenvalue weighted by molar-refractivity contribution is 6.09. The fourth-order valence-electron chi connectivity index (χ4n) is 3.01. The molecule has 138 valence electrons. The van der Waals surface area contributed by atoms with Crippen LogP contribution in [0, 0.1) is 11.6 Å². The number of benzene rings is 3. The molecule has 6 heteroatoms. The highest BCUT2D eigenvalue weighted by atomic mass is 19.1. The summed E-state index contributed by atoms with van der Waals surface area (Å²) in [5, 5.41) is 4.54. The summed E-state index contributed by atoms with van der Waals surface area (Å²) >= 11 is 0. The Bertz CT molecular complexity index is 1170. The summed E-state index contributed by atoms with van der Waals surface area (Å²) in [6.07, 6.45) is 1.42. The van der Waals surface area contributed by atoms with Gasteiger partial charge in [-0.1, -0.05) is 42.5 Å². The number of carbonyl (C=O) groups is 1. The third kappa shape index (κ3) is 3.53. The molecule has 0 saturated carbocycles. The van der Waals surface area contributed by atoms with Crippen molar-refractivity contribution >= 4 is 23.0 Å². The topological polar surface area (TPSA) is 57.2 Å². The molecule has 0 aliphatic carbocycles. The van der Waals surface area contributed by atoms with Crippen LogP contribution >= 0.6 is 0 Å². The Labute approximate surface area is 159 Å². The summed E-state index contributed by atoms with van der Waals surface area (Å²) in [7, 11) is 0. The van der Waals surface area contributed by atoms with Crippen LogP contribution in [0.2, 0.25) is 0 Å². The van der Waals surface area contributed by atoms with E-state index in [-0.39, 0.29) is 17.3 Å². The molecule has 4 rings (SSSR count). The van der Waals surface area contributed by atoms with Gasteiger partial charge in [0.15, 0.2) is 0 Å². The molecule has 0 unspecified atom stereocenters. The van der Waals surface area contributed by atoms with E-state index in [0.29, 0.717) is 22.0 Å². The van der Waals surface area contributed by atoms with Crippen molar-refractivity contribution in [2.45, 2.75) is 0 Å². The van der Waals surface area contributed by atoms with Crippen LogP contribution in [0.5, 0.6) is 0 Å². The van der Waals surface area contributed by atoms with Gasteiger partial charge in [-0.2, -0.15) is 5.10 Å². The molecule has 1 heterocycles. The molecule has 0 aliphatic heterocycles. The van der Waals surface area contributed by atoms with Crippen molar-refractivity contribution in [3.8, 4) is 11.1 Å². The van der Waals surface area contributed by atoms with Crippen LogP contribution in [-0.4, -0.2) is 17.1 Å². The zero-order valence-corrected chi connectivity index (χ0v) is 14.6. The number of rotatable bonds is 4. The van der Waals surface area contributed by atoms with Crippen LogP contribution in [0.25, 0.3) is 22.0 Å². The van der Waals surface area contributed by atoms with Gasteiger partial charge in [-0.3, -0.25) is 4.79 Å². The quantitative estimate of drug-likeness (QED) is 0.388. The number of fused-ring (bicyclic) bond motifs is 1. The maximum absolute atomic E-state index is 13.8. The zero-order valence-electron chi connectivity index (χ0n) is 14.6. The molecular formula is C22H15F2N3O. The first-order chi connectivity index (χ1) is 13.6. The van der Waals surface area contributed by atoms with Crippen molar-refractivity contribution in [1.82, 2.24) is 10.4 Å². The molecule has 4 nitrogen and oxygen atoms in total. The molecule has 3 aromatic carbocycles. The molecule has 28 heavy (non-hydrogen) atoms. The van der Waals surface area contributed by atoms with Gasteiger partial charge in [0.05, 0.1) is 6.21 Å². The monoisotopic (exact) mass is 375 g/mol. The fourth-order valence-corrected chi connectivity index (χ4v) is 3.01. The standard InChI is InChI=1S/C22H15F2N3O/c23-16-8-6-14(7-9-16)13-25-27-22(28)21-20(15-4-2-1-3-5-15)18-12-17(24)10-11-19(18)26-21/h1-13,26H,(H,27,28)/b25-13-. The summed E-state index contributed by atoms with van der Waals surface area (Å²) in [4.78, 5) is 15.8. The molecule has 0 atom stereocenters. The minimum atomic E-state index is -0.464. The fraction of sp³-hybridized carbons (Fsp3) is 0. The van der Waals surface area contributed by atoms with E-state index in [1.54, 1.807) is 18.2 Å². The second-order valence-electron chi connectivity index (χ2n) is 6.18. The summed E-state index contributed by atoms with van der Waals surface area (Å²) in [5.74, 6) is -1.20. The summed E-state index contributed by atoms with van der Waals surface area (Å²) < 4.78 is 26.7. The van der Waals surface area contributed by atoms with Crippen LogP contribution in [0.1, 0.15) is 16.1 Å². The third-order valence-corrected chi connectivity index (χ3v) is 4.30. The van der Waals surface area contributed by atoms with E-state index in [1.165, 1.54) is 30.5 Å². The number of nitrogens with zero attached hydrogens (tertiary/aromatic N) is 1. The molecule has 4 aromatic rings. The highest BCUT2D eigenvalue weighted by Gasteiger charge is 2.19. The van der Waals surface area contributed by atoms with Crippen molar-refractivity contribution < 1.29 is 13.6 Å². The lowest BCUT2D eigenvalue weighted by atomic mass is 10.0. The van der Waals surface area contributed by atoms with Gasteiger partial charge in [0.25, 0.3) is 5.91 Å². The maximum atomic E-state index is 13.8. The van der Waals surface area contributed by atoms with Crippen molar-refractivity contribution in [3.63, 3.8) is 0 Å². The minimum Gasteiger partial charge on any atom is -0.350 e. The van der Waals surface area contributed by atoms with Gasteiger partial charge in [-0.15, -0.1) is 0 Å². The largest absolute Gasteiger partial charge is 0.350 e. The normalized spacial score (nSPS) is 11.2. The first-order valence-electron chi connectivity index (χ1n) is 8.57. The molecule has 0 saturated heterocycles. The predicted octanol–water partition coefficient (Wildman–Crippen LogP) is 4.88. The zero-order chi connectivity index (χ0) is 19.5. The average Bonchev–Trinajstić information content (AvgIpc) is 3.09. The number of H-pyrrole nitrogens is 1. The number of amides is 1. The van der Waals surface area contributed by atoms with Gasteiger partial charge in [-0.25, -0.2) is 14.2 Å². The van der Waals surface area contributed by atoms with E-state index >= 15 is 0 Å². The molecule has 2 N–H and O–H groups in total. The van der Waals surface area contributed by atoms with Crippen molar-refractivity contribution in [1.29, 1.82) is 0 Å². The number of halogens is 2. The van der Waals surface area contributed by atoms with Crippen LogP contribution < -0.4 is 5.43 Å². The molecule has 0 fully saturated rings. The Morgan fingerprint density at radius 3 is 2.39 bits per heavy atom. The lowest BCUT2D eigenvalue weighted by molar-refractivity contribution is 0.0951. The Balaban J connectivity index is 1.69. The van der Waals surface area contributed by atoms with E-state index < -0.39 is 5.91 Å². The number of hydrazone groups is 1. The SMILES string of the molecule is O=C(N/N=C\c1ccc(F)cc1)c1[nH]c2ccc(F)cc2c1-c1ccccc1. The van der Waals surface area contributed by atoms with Crippen LogP contribution in [0.4, 0.5) is 8.78 Å². The Morgan fingerprint density at radius 2 is 1.64 bits per heavy atom. The summed E-state index contributed by atoms with van der Waals surface area (Å²) in [5.41, 5.74) is 5.41. The maximum Gasteiger partial charge on any atom is 0.288 e. The Hall–Kier alpha value is -3.80. The van der Waals surface area contributed by atoms with E-state index in [9.17, 15) is 13.6 Å². The van der Waals surface area contributed by atoms with Gasteiger partial charge in [-0.05, 0) is 41.5 Å². The van der Waals surface area contributed by atoms with Gasteiger partial charge in [0, 0.05) is 16.5 Å². The smallest absolute Gasteiger partial charge is 0.288 e.